The van der Waals surface area contributed by atoms with Crippen molar-refractivity contribution < 1.29 is 26.7 Å². The van der Waals surface area contributed by atoms with Gasteiger partial charge in [-0.2, -0.15) is 8.78 Å². The van der Waals surface area contributed by atoms with Gasteiger partial charge in [0.25, 0.3) is 0 Å². The third kappa shape index (κ3) is 4.47. The number of aromatic nitrogens is 3. The van der Waals surface area contributed by atoms with Crippen LogP contribution in [0.15, 0.2) is 35.5 Å². The number of hydrogen-bond donors (Lipinski definition) is 2. The number of sulfone groups is 1. The van der Waals surface area contributed by atoms with Gasteiger partial charge >= 0.3 is 5.92 Å². The van der Waals surface area contributed by atoms with Crippen LogP contribution in [0.25, 0.3) is 10.9 Å². The van der Waals surface area contributed by atoms with Crippen molar-refractivity contribution in [2.75, 3.05) is 11.1 Å². The maximum absolute atomic E-state index is 15.4. The standard InChI is InChI=1S/C24H27F3N4O3S/c1-5-35(33,34)20-11-17-19(12-28-20)30-14(3)31-22(17)29-13(2)16-7-6-8-18(21(16)25)24(26,27)23(4,32)15-9-10-15/h6-8,11-13,15,32H,5,9-10H2,1-4H3,(H,29,30,31)/t13-,23-/m1/s1. The monoisotopic (exact) mass is 508 g/mol. The van der Waals surface area contributed by atoms with Crippen molar-refractivity contribution in [3.8, 4) is 0 Å². The summed E-state index contributed by atoms with van der Waals surface area (Å²) in [5.41, 5.74) is -2.90. The molecule has 0 amide bonds. The van der Waals surface area contributed by atoms with Crippen molar-refractivity contribution in [3.63, 3.8) is 0 Å². The maximum Gasteiger partial charge on any atom is 0.304 e. The topological polar surface area (TPSA) is 105 Å². The molecule has 35 heavy (non-hydrogen) atoms. The summed E-state index contributed by atoms with van der Waals surface area (Å²) in [5, 5.41) is 13.7. The highest BCUT2D eigenvalue weighted by Gasteiger charge is 2.59. The molecule has 2 aromatic heterocycles. The fourth-order valence-electron chi connectivity index (χ4n) is 4.14. The third-order valence-electron chi connectivity index (χ3n) is 6.56. The molecule has 0 bridgehead atoms. The fraction of sp³-hybridized carbons (Fsp3) is 0.458. The molecule has 11 heteroatoms. The Bertz CT molecular complexity index is 1390. The lowest BCUT2D eigenvalue weighted by Gasteiger charge is -2.34. The van der Waals surface area contributed by atoms with Crippen LogP contribution in [0.5, 0.6) is 0 Å². The summed E-state index contributed by atoms with van der Waals surface area (Å²) < 4.78 is 70.5. The van der Waals surface area contributed by atoms with E-state index in [1.165, 1.54) is 31.3 Å². The SMILES string of the molecule is CCS(=O)(=O)c1cc2c(N[C@H](C)c3cccc(C(F)(F)[C@](C)(O)C4CC4)c3F)nc(C)nc2cn1. The van der Waals surface area contributed by atoms with E-state index in [4.69, 9.17) is 0 Å². The zero-order valence-corrected chi connectivity index (χ0v) is 20.6. The van der Waals surface area contributed by atoms with Gasteiger partial charge in [-0.1, -0.05) is 19.1 Å². The van der Waals surface area contributed by atoms with Gasteiger partial charge in [-0.15, -0.1) is 0 Å². The zero-order chi connectivity index (χ0) is 25.8. The minimum Gasteiger partial charge on any atom is -0.383 e. The van der Waals surface area contributed by atoms with E-state index in [1.807, 2.05) is 0 Å². The lowest BCUT2D eigenvalue weighted by molar-refractivity contribution is -0.191. The first kappa shape index (κ1) is 25.3. The average Bonchev–Trinajstić information content (AvgIpc) is 3.64. The van der Waals surface area contributed by atoms with Gasteiger partial charge in [0, 0.05) is 10.9 Å². The van der Waals surface area contributed by atoms with Crippen molar-refractivity contribution in [2.24, 2.45) is 5.92 Å². The van der Waals surface area contributed by atoms with E-state index in [1.54, 1.807) is 13.8 Å². The van der Waals surface area contributed by atoms with Crippen LogP contribution in [-0.4, -0.2) is 39.8 Å². The molecule has 1 aliphatic carbocycles. The number of hydrogen-bond acceptors (Lipinski definition) is 7. The zero-order valence-electron chi connectivity index (χ0n) is 19.8. The molecule has 0 aliphatic heterocycles. The summed E-state index contributed by atoms with van der Waals surface area (Å²) in [7, 11) is -3.60. The van der Waals surface area contributed by atoms with Crippen LogP contribution >= 0.6 is 0 Å². The van der Waals surface area contributed by atoms with Crippen LogP contribution in [-0.2, 0) is 15.8 Å². The van der Waals surface area contributed by atoms with Crippen LogP contribution in [0.2, 0.25) is 0 Å². The van der Waals surface area contributed by atoms with E-state index < -0.39 is 44.7 Å². The molecule has 3 aromatic rings. The van der Waals surface area contributed by atoms with Crippen LogP contribution in [0.1, 0.15) is 56.6 Å². The molecule has 0 spiro atoms. The first-order chi connectivity index (χ1) is 16.3. The summed E-state index contributed by atoms with van der Waals surface area (Å²) in [4.78, 5) is 12.6. The molecule has 7 nitrogen and oxygen atoms in total. The van der Waals surface area contributed by atoms with Crippen LogP contribution in [0.4, 0.5) is 19.0 Å². The number of nitrogens with zero attached hydrogens (tertiary/aromatic N) is 3. The number of aryl methyl sites for hydroxylation is 1. The third-order valence-corrected chi connectivity index (χ3v) is 8.18. The van der Waals surface area contributed by atoms with Crippen LogP contribution in [0.3, 0.4) is 0 Å². The number of pyridine rings is 1. The number of halogens is 3. The Labute approximate surface area is 201 Å². The van der Waals surface area contributed by atoms with Gasteiger partial charge < -0.3 is 10.4 Å². The van der Waals surface area contributed by atoms with Gasteiger partial charge in [-0.3, -0.25) is 0 Å². The normalized spacial score (nSPS) is 17.3. The molecular weight excluding hydrogens is 481 g/mol. The minimum atomic E-state index is -3.79. The second kappa shape index (κ2) is 8.70. The van der Waals surface area contributed by atoms with E-state index in [0.29, 0.717) is 29.6 Å². The molecule has 1 aliphatic rings. The van der Waals surface area contributed by atoms with Gasteiger partial charge in [-0.05, 0) is 51.7 Å². The number of benzene rings is 1. The predicted molar refractivity (Wildman–Crippen MR) is 125 cm³/mol. The molecule has 0 radical (unpaired) electrons. The highest BCUT2D eigenvalue weighted by Crippen LogP contribution is 2.52. The first-order valence-corrected chi connectivity index (χ1v) is 13.0. The highest BCUT2D eigenvalue weighted by atomic mass is 32.2. The molecule has 1 saturated carbocycles. The van der Waals surface area contributed by atoms with Crippen molar-refractivity contribution in [3.05, 3.63) is 53.2 Å². The lowest BCUT2D eigenvalue weighted by Crippen LogP contribution is -2.45. The van der Waals surface area contributed by atoms with Crippen LogP contribution < -0.4 is 5.32 Å². The van der Waals surface area contributed by atoms with E-state index >= 15 is 13.2 Å². The Kier molecular flexibility index (Phi) is 6.29. The minimum absolute atomic E-state index is 0.0475. The van der Waals surface area contributed by atoms with Crippen molar-refractivity contribution >= 4 is 26.6 Å². The number of fused-ring (bicyclic) bond motifs is 1. The summed E-state index contributed by atoms with van der Waals surface area (Å²) in [6, 6.07) is 4.20. The Morgan fingerprint density at radius 3 is 2.57 bits per heavy atom. The van der Waals surface area contributed by atoms with E-state index in [2.05, 4.69) is 20.3 Å². The van der Waals surface area contributed by atoms with E-state index in [9.17, 15) is 13.5 Å². The highest BCUT2D eigenvalue weighted by molar-refractivity contribution is 7.91. The Balaban J connectivity index is 1.74. The van der Waals surface area contributed by atoms with Crippen molar-refractivity contribution in [2.45, 2.75) is 63.1 Å². The number of alkyl halides is 2. The molecule has 188 valence electrons. The molecule has 1 fully saturated rings. The molecule has 2 N–H and O–H groups in total. The van der Waals surface area contributed by atoms with Gasteiger partial charge in [0.15, 0.2) is 14.9 Å². The largest absolute Gasteiger partial charge is 0.383 e. The number of rotatable bonds is 8. The number of nitrogens with one attached hydrogen (secondary N) is 1. The lowest BCUT2D eigenvalue weighted by atomic mass is 9.86. The molecule has 0 unspecified atom stereocenters. The maximum atomic E-state index is 15.4. The molecule has 2 heterocycles. The van der Waals surface area contributed by atoms with Crippen molar-refractivity contribution in [1.29, 1.82) is 0 Å². The fourth-order valence-corrected chi connectivity index (χ4v) is 4.95. The smallest absolute Gasteiger partial charge is 0.304 e. The van der Waals surface area contributed by atoms with E-state index in [-0.39, 0.29) is 22.2 Å². The number of anilines is 1. The second-order valence-electron chi connectivity index (χ2n) is 9.13. The molecule has 2 atom stereocenters. The summed E-state index contributed by atoms with van der Waals surface area (Å²) in [6.45, 7) is 5.76. The molecule has 4 rings (SSSR count). The quantitative estimate of drug-likeness (QED) is 0.455. The van der Waals surface area contributed by atoms with Gasteiger partial charge in [0.05, 0.1) is 29.1 Å². The van der Waals surface area contributed by atoms with Crippen LogP contribution in [0, 0.1) is 18.7 Å². The molecular formula is C24H27F3N4O3S. The average molecular weight is 509 g/mol. The Morgan fingerprint density at radius 1 is 1.26 bits per heavy atom. The van der Waals surface area contributed by atoms with Gasteiger partial charge in [-0.25, -0.2) is 27.8 Å². The predicted octanol–water partition coefficient (Wildman–Crippen LogP) is 4.69. The van der Waals surface area contributed by atoms with Crippen molar-refractivity contribution in [1.82, 2.24) is 15.0 Å². The first-order valence-electron chi connectivity index (χ1n) is 11.3. The van der Waals surface area contributed by atoms with Gasteiger partial charge in [0.1, 0.15) is 23.1 Å². The summed E-state index contributed by atoms with van der Waals surface area (Å²) in [5.74, 6) is -5.06. The number of aliphatic hydroxyl groups is 1. The summed E-state index contributed by atoms with van der Waals surface area (Å²) in [6.07, 6.45) is 2.25. The van der Waals surface area contributed by atoms with E-state index in [0.717, 1.165) is 13.0 Å². The Hall–Kier alpha value is -2.79. The Morgan fingerprint density at radius 2 is 1.94 bits per heavy atom. The summed E-state index contributed by atoms with van der Waals surface area (Å²) >= 11 is 0. The molecule has 1 aromatic carbocycles. The van der Waals surface area contributed by atoms with Gasteiger partial charge in [0.2, 0.25) is 0 Å². The molecule has 0 saturated heterocycles. The second-order valence-corrected chi connectivity index (χ2v) is 11.4.